The maximum absolute atomic E-state index is 11.3. The summed E-state index contributed by atoms with van der Waals surface area (Å²) in [5, 5.41) is 20.5. The molecule has 4 nitrogen and oxygen atoms in total. The van der Waals surface area contributed by atoms with Crippen molar-refractivity contribution in [2.45, 2.75) is 0 Å². The van der Waals surface area contributed by atoms with Crippen LogP contribution in [-0.2, 0) is 0 Å². The van der Waals surface area contributed by atoms with Crippen LogP contribution in [0.3, 0.4) is 0 Å². The molecular weight excluding hydrogens is 240 g/mol. The second-order valence-corrected chi connectivity index (χ2v) is 3.82. The lowest BCUT2D eigenvalue weighted by molar-refractivity contribution is -0.374. The molecule has 19 heavy (non-hydrogen) atoms. The summed E-state index contributed by atoms with van der Waals surface area (Å²) in [7, 11) is 0. The SMILES string of the molecule is N#C/C(=C(\c1ccccc1)[N+](=O)[O-])c1ccccc1. The maximum atomic E-state index is 11.3. The molecule has 0 aliphatic heterocycles. The predicted molar refractivity (Wildman–Crippen MR) is 72.3 cm³/mol. The minimum atomic E-state index is -0.513. The summed E-state index contributed by atoms with van der Waals surface area (Å²) in [5.74, 6) is 0. The number of hydrogen-bond acceptors (Lipinski definition) is 3. The summed E-state index contributed by atoms with van der Waals surface area (Å²) in [4.78, 5) is 10.8. The monoisotopic (exact) mass is 250 g/mol. The van der Waals surface area contributed by atoms with Gasteiger partial charge in [0.2, 0.25) is 0 Å². The van der Waals surface area contributed by atoms with Crippen LogP contribution in [0.5, 0.6) is 0 Å². The van der Waals surface area contributed by atoms with E-state index < -0.39 is 4.92 Å². The van der Waals surface area contributed by atoms with Crippen LogP contribution in [0, 0.1) is 21.4 Å². The Morgan fingerprint density at radius 1 is 0.947 bits per heavy atom. The summed E-state index contributed by atoms with van der Waals surface area (Å²) in [5.41, 5.74) is 0.861. The van der Waals surface area contributed by atoms with Gasteiger partial charge in [-0.25, -0.2) is 0 Å². The Labute approximate surface area is 110 Å². The average molecular weight is 250 g/mol. The summed E-state index contributed by atoms with van der Waals surface area (Å²) in [6, 6.07) is 19.0. The van der Waals surface area contributed by atoms with E-state index in [4.69, 9.17) is 0 Å². The fourth-order valence-electron chi connectivity index (χ4n) is 1.80. The Morgan fingerprint density at radius 3 is 1.84 bits per heavy atom. The van der Waals surface area contributed by atoms with E-state index >= 15 is 0 Å². The number of nitrogens with zero attached hydrogens (tertiary/aromatic N) is 2. The molecule has 0 aliphatic rings. The number of rotatable bonds is 3. The quantitative estimate of drug-likeness (QED) is 0.363. The topological polar surface area (TPSA) is 66.9 Å². The summed E-state index contributed by atoms with van der Waals surface area (Å²) in [6.45, 7) is 0. The molecule has 0 unspecified atom stereocenters. The first-order valence-corrected chi connectivity index (χ1v) is 5.63. The van der Waals surface area contributed by atoms with Gasteiger partial charge in [0.15, 0.2) is 0 Å². The Bertz CT molecular complexity index is 656. The van der Waals surface area contributed by atoms with E-state index in [2.05, 4.69) is 0 Å². The van der Waals surface area contributed by atoms with Gasteiger partial charge in [0, 0.05) is 0 Å². The molecule has 2 aromatic rings. The van der Waals surface area contributed by atoms with Crippen LogP contribution in [0.15, 0.2) is 60.7 Å². The molecule has 0 N–H and O–H groups in total. The van der Waals surface area contributed by atoms with E-state index in [0.29, 0.717) is 11.1 Å². The highest BCUT2D eigenvalue weighted by Gasteiger charge is 2.21. The molecule has 2 rings (SSSR count). The van der Waals surface area contributed by atoms with Gasteiger partial charge in [0.05, 0.1) is 10.5 Å². The zero-order valence-electron chi connectivity index (χ0n) is 9.98. The lowest BCUT2D eigenvalue weighted by Gasteiger charge is -2.03. The highest BCUT2D eigenvalue weighted by Crippen LogP contribution is 2.26. The normalized spacial score (nSPS) is 11.3. The van der Waals surface area contributed by atoms with Crippen molar-refractivity contribution >= 4 is 11.3 Å². The first-order chi connectivity index (χ1) is 9.24. The van der Waals surface area contributed by atoms with Crippen LogP contribution >= 0.6 is 0 Å². The molecule has 0 atom stereocenters. The largest absolute Gasteiger partial charge is 0.294 e. The molecule has 0 fully saturated rings. The fourth-order valence-corrected chi connectivity index (χ4v) is 1.80. The first-order valence-electron chi connectivity index (χ1n) is 5.63. The van der Waals surface area contributed by atoms with E-state index in [9.17, 15) is 15.4 Å². The highest BCUT2D eigenvalue weighted by molar-refractivity contribution is 5.93. The number of nitriles is 1. The van der Waals surface area contributed by atoms with Gasteiger partial charge in [-0.1, -0.05) is 48.5 Å². The van der Waals surface area contributed by atoms with E-state index in [1.165, 1.54) is 0 Å². The number of hydrogen-bond donors (Lipinski definition) is 0. The zero-order valence-corrected chi connectivity index (χ0v) is 9.98. The van der Waals surface area contributed by atoms with Crippen LogP contribution in [0.1, 0.15) is 11.1 Å². The van der Waals surface area contributed by atoms with Crippen molar-refractivity contribution in [3.8, 4) is 6.07 Å². The number of nitro groups is 1. The van der Waals surface area contributed by atoms with Gasteiger partial charge >= 0.3 is 0 Å². The van der Waals surface area contributed by atoms with Gasteiger partial charge in [0.1, 0.15) is 11.6 Å². The van der Waals surface area contributed by atoms with E-state index in [1.54, 1.807) is 60.7 Å². The van der Waals surface area contributed by atoms with E-state index in [1.807, 2.05) is 6.07 Å². The van der Waals surface area contributed by atoms with Crippen molar-refractivity contribution in [1.82, 2.24) is 0 Å². The van der Waals surface area contributed by atoms with Crippen LogP contribution in [0.2, 0.25) is 0 Å². The molecule has 0 saturated heterocycles. The number of allylic oxidation sites excluding steroid dienone is 1. The molecular formula is C15H10N2O2. The molecule has 0 bridgehead atoms. The summed E-state index contributed by atoms with van der Waals surface area (Å²) < 4.78 is 0. The van der Waals surface area contributed by atoms with Crippen LogP contribution in [0.4, 0.5) is 0 Å². The van der Waals surface area contributed by atoms with E-state index in [-0.39, 0.29) is 11.3 Å². The minimum absolute atomic E-state index is 0.0665. The highest BCUT2D eigenvalue weighted by atomic mass is 16.6. The van der Waals surface area contributed by atoms with Crippen molar-refractivity contribution in [2.24, 2.45) is 0 Å². The van der Waals surface area contributed by atoms with Crippen molar-refractivity contribution in [1.29, 1.82) is 5.26 Å². The Morgan fingerprint density at radius 2 is 1.42 bits per heavy atom. The Kier molecular flexibility index (Phi) is 3.70. The van der Waals surface area contributed by atoms with E-state index in [0.717, 1.165) is 0 Å². The molecule has 0 heterocycles. The van der Waals surface area contributed by atoms with Gasteiger partial charge in [-0.05, 0) is 17.7 Å². The van der Waals surface area contributed by atoms with Gasteiger partial charge in [0.25, 0.3) is 5.70 Å². The van der Waals surface area contributed by atoms with Crippen molar-refractivity contribution in [3.63, 3.8) is 0 Å². The molecule has 0 amide bonds. The molecule has 0 spiro atoms. The number of benzene rings is 2. The lowest BCUT2D eigenvalue weighted by atomic mass is 10.0. The molecule has 4 heteroatoms. The molecule has 0 saturated carbocycles. The van der Waals surface area contributed by atoms with Gasteiger partial charge < -0.3 is 0 Å². The zero-order chi connectivity index (χ0) is 13.7. The fraction of sp³-hybridized carbons (Fsp3) is 0. The first kappa shape index (κ1) is 12.5. The van der Waals surface area contributed by atoms with Crippen LogP contribution < -0.4 is 0 Å². The van der Waals surface area contributed by atoms with Gasteiger partial charge in [-0.3, -0.25) is 10.1 Å². The van der Waals surface area contributed by atoms with Crippen LogP contribution in [0.25, 0.3) is 11.3 Å². The average Bonchev–Trinajstić information content (AvgIpc) is 2.46. The Balaban J connectivity index is 2.69. The molecule has 0 radical (unpaired) electrons. The van der Waals surface area contributed by atoms with Gasteiger partial charge in [-0.2, -0.15) is 5.26 Å². The van der Waals surface area contributed by atoms with Crippen molar-refractivity contribution < 1.29 is 4.92 Å². The Hall–Kier alpha value is -2.93. The van der Waals surface area contributed by atoms with Crippen molar-refractivity contribution in [2.75, 3.05) is 0 Å². The molecule has 0 aromatic heterocycles. The summed E-state index contributed by atoms with van der Waals surface area (Å²) in [6.07, 6.45) is 0. The second kappa shape index (κ2) is 5.61. The third-order valence-corrected chi connectivity index (χ3v) is 2.64. The summed E-state index contributed by atoms with van der Waals surface area (Å²) >= 11 is 0. The van der Waals surface area contributed by atoms with Crippen LogP contribution in [-0.4, -0.2) is 4.92 Å². The second-order valence-electron chi connectivity index (χ2n) is 3.82. The molecule has 0 aliphatic carbocycles. The minimum Gasteiger partial charge on any atom is -0.258 e. The smallest absolute Gasteiger partial charge is 0.258 e. The third kappa shape index (κ3) is 2.67. The molecule has 2 aromatic carbocycles. The third-order valence-electron chi connectivity index (χ3n) is 2.64. The predicted octanol–water partition coefficient (Wildman–Crippen LogP) is 3.36. The maximum Gasteiger partial charge on any atom is 0.294 e. The molecule has 92 valence electrons. The van der Waals surface area contributed by atoms with Gasteiger partial charge in [-0.15, -0.1) is 0 Å². The van der Waals surface area contributed by atoms with Crippen molar-refractivity contribution in [3.05, 3.63) is 81.9 Å². The lowest BCUT2D eigenvalue weighted by Crippen LogP contribution is -2.01. The standard InChI is InChI=1S/C15H10N2O2/c16-11-14(12-7-3-1-4-8-12)15(17(18)19)13-9-5-2-6-10-13/h1-10H/b15-14-.